The lowest BCUT2D eigenvalue weighted by molar-refractivity contribution is -0.744. The van der Waals surface area contributed by atoms with Gasteiger partial charge < -0.3 is 9.13 Å². The van der Waals surface area contributed by atoms with Gasteiger partial charge in [0.2, 0.25) is 0 Å². The van der Waals surface area contributed by atoms with Crippen LogP contribution in [0.3, 0.4) is 0 Å². The van der Waals surface area contributed by atoms with Crippen molar-refractivity contribution < 1.29 is 13.8 Å². The average Bonchev–Trinajstić information content (AvgIpc) is 1.58. The highest BCUT2D eigenvalue weighted by Gasteiger charge is 2.53. The smallest absolute Gasteiger partial charge is 0.288 e. The fourth-order valence-corrected chi connectivity index (χ4v) is 26.3. The van der Waals surface area contributed by atoms with Crippen molar-refractivity contribution in [3.63, 3.8) is 0 Å². The summed E-state index contributed by atoms with van der Waals surface area (Å²) in [4.78, 5) is 14.6. The number of fused-ring (bicyclic) bond motifs is 24. The van der Waals surface area contributed by atoms with Crippen molar-refractivity contribution in [1.29, 1.82) is 0 Å². The summed E-state index contributed by atoms with van der Waals surface area (Å²) in [6.45, 7) is 53.9. The van der Waals surface area contributed by atoms with Gasteiger partial charge in [-0.25, -0.2) is 28.2 Å². The molecule has 0 aliphatic heterocycles. The molecule has 0 unspecified atom stereocenters. The lowest BCUT2D eigenvalue weighted by atomic mass is 9.53. The van der Waals surface area contributed by atoms with Gasteiger partial charge in [0.15, 0.2) is 13.2 Å². The predicted molar refractivity (Wildman–Crippen MR) is 623 cm³/mol. The van der Waals surface area contributed by atoms with Crippen molar-refractivity contribution in [2.75, 3.05) is 0 Å². The molecule has 21 aromatic rings. The highest BCUT2D eigenvalue weighted by Crippen LogP contribution is 2.63. The summed E-state index contributed by atoms with van der Waals surface area (Å²) in [6, 6.07) is 95.1. The van der Waals surface area contributed by atoms with Crippen molar-refractivity contribution in [1.82, 2.24) is 37.9 Å². The van der Waals surface area contributed by atoms with Gasteiger partial charge in [0.1, 0.15) is 42.1 Å². The summed E-state index contributed by atoms with van der Waals surface area (Å²) < 4.78 is 17.6. The molecule has 26 rings (SSSR count). The van der Waals surface area contributed by atoms with E-state index < -0.39 is 0 Å². The van der Waals surface area contributed by atoms with E-state index in [4.69, 9.17) is 9.97 Å². The van der Waals surface area contributed by atoms with E-state index in [0.717, 1.165) is 41.2 Å². The normalized spacial score (nSPS) is 15.7. The zero-order valence-corrected chi connectivity index (χ0v) is 93.2. The van der Waals surface area contributed by atoms with Crippen molar-refractivity contribution in [3.8, 4) is 107 Å². The molecule has 149 heavy (non-hydrogen) atoms. The molecule has 0 amide bonds. The fraction of sp³-hybridized carbons (Fsp3) is 0.290. The molecule has 0 saturated heterocycles. The number of para-hydroxylation sites is 2. The van der Waals surface area contributed by atoms with Crippen LogP contribution in [0.25, 0.3) is 172 Å². The first-order chi connectivity index (χ1) is 70.7. The summed E-state index contributed by atoms with van der Waals surface area (Å²) in [5, 5.41) is 11.9. The maximum absolute atomic E-state index is 5.13. The van der Waals surface area contributed by atoms with Gasteiger partial charge >= 0.3 is 0 Å². The second-order valence-electron chi connectivity index (χ2n) is 48.0. The minimum atomic E-state index is -0.0983. The van der Waals surface area contributed by atoms with E-state index in [2.05, 4.69) is 542 Å². The monoisotopic (exact) mass is 1960 g/mol. The van der Waals surface area contributed by atoms with Gasteiger partial charge in [0.25, 0.3) is 11.6 Å². The summed E-state index contributed by atoms with van der Waals surface area (Å²) in [7, 11) is 14.8. The summed E-state index contributed by atoms with van der Waals surface area (Å²) in [6.07, 6.45) is 18.8. The van der Waals surface area contributed by atoms with E-state index in [9.17, 15) is 0 Å². The van der Waals surface area contributed by atoms with Crippen LogP contribution < -0.4 is 13.8 Å². The Balaban J connectivity index is 0.000000106. The Morgan fingerprint density at radius 1 is 0.289 bits per heavy atom. The first-order valence-corrected chi connectivity index (χ1v) is 53.5. The lowest BCUT2D eigenvalue weighted by Crippen LogP contribution is -2.44. The Morgan fingerprint density at radius 3 is 1.40 bits per heavy atom. The van der Waals surface area contributed by atoms with Crippen LogP contribution in [0.1, 0.15) is 205 Å². The van der Waals surface area contributed by atoms with Crippen LogP contribution in [0.4, 0.5) is 0 Å². The van der Waals surface area contributed by atoms with E-state index in [1.54, 1.807) is 0 Å². The molecular weight excluding hydrogens is 1810 g/mol. The molecule has 0 bridgehead atoms. The van der Waals surface area contributed by atoms with Crippen LogP contribution >= 0.6 is 0 Å². The van der Waals surface area contributed by atoms with Crippen LogP contribution in [0.2, 0.25) is 0 Å². The number of nitrogens with zero attached hydrogens (tertiary/aromatic N) is 11. The summed E-state index contributed by atoms with van der Waals surface area (Å²) in [5.41, 5.74) is 46.6. The molecule has 11 heteroatoms. The number of imidazole rings is 4. The fourth-order valence-electron chi connectivity index (χ4n) is 26.3. The van der Waals surface area contributed by atoms with E-state index >= 15 is 0 Å². The van der Waals surface area contributed by atoms with Gasteiger partial charge in [-0.3, -0.25) is 4.98 Å². The minimum absolute atomic E-state index is 0.000479. The van der Waals surface area contributed by atoms with Gasteiger partial charge in [0.05, 0.1) is 62.1 Å². The highest BCUT2D eigenvalue weighted by molar-refractivity contribution is 6.04. The SMILES string of the molecule is Cc1cc2c(cc1-c1n(C)cc[n+]1C)-c1c(ccc3ccccc13)C(C)(C)C2(C)C.Cc1ccc2c(c1-c1nc3ccccc3n1C)C(C)(C)C(C)(C)c1c-2ccc2ccccc12.Cc1ccc2c(c1-c1nccn1C)CCc1cc3ccccc3cc1-2.Cc1ccc2c3c(ccc2c1)-c1cc(-c2n(C)cc[n+]2C)c(C)cc1C(C)(C)C3(C)C.Cc1ccc2cc3c(cc2n1)-c1cc(-n2ccc[n+]2C)c(C)cc1C(C)(C)C3(C)C. The first kappa shape index (κ1) is 98.7. The molecule has 0 N–H and O–H groups in total. The predicted octanol–water partition coefficient (Wildman–Crippen LogP) is 31.7. The zero-order chi connectivity index (χ0) is 105. The number of aryl methyl sites for hydroxylation is 15. The van der Waals surface area contributed by atoms with Crippen LogP contribution in [0.15, 0.2) is 304 Å². The number of rotatable bonds is 5. The molecule has 6 heterocycles. The third-order valence-electron chi connectivity index (χ3n) is 37.6. The van der Waals surface area contributed by atoms with E-state index in [1.165, 1.54) is 238 Å². The van der Waals surface area contributed by atoms with Crippen LogP contribution in [-0.4, -0.2) is 37.9 Å². The molecular formula is C138H144N11+3. The lowest BCUT2D eigenvalue weighted by Gasteiger charge is -2.49. The molecule has 0 atom stereocenters. The molecule has 5 aliphatic rings. The summed E-state index contributed by atoms with van der Waals surface area (Å²) in [5.74, 6) is 4.60. The largest absolute Gasteiger partial charge is 0.334 e. The Labute approximate surface area is 881 Å². The standard InChI is InChI=1S/C31H30N2.C29H33N2.C28H31N2.C27H30N3.C23H20N2/c1-19-15-17-23-22-18-16-20-11-7-8-12-21(20)27(22)30(2,3)31(4,5)28(23)26(19)29-32-24-13-9-10-14-25(24)33(29)6;1-18-9-11-21-20(15-18)10-12-22-24-17-23(27-30(7)13-14-31(27)8)19(2)16-25(24)28(3,4)29(5,6)26(21)22;1-18-16-24-22(17-21(18)26-29(6)14-15-30(26)7)25-20-11-9-8-10-19(20)12-13-23(25)27(2,3)28(24,4)5;1-17-13-22-21(16-25(17)30-12-8-11-29(30)7)20-15-24-19(10-9-18(2)28-24)14-23(20)27(5,6)26(22,3)4;1-15-7-9-19-20(22(15)23-24-11-12-25(23)2)10-8-18-13-16-5-3-4-6-17(16)14-21(18)19/h7-18H,1-6H3;9-17H,1-8H3;8-17H,1-7H3;8-16H,1-7H3;3-7,9,11-14H,8,10H2,1-2H3/q;3*+1;. The number of hydrogen-bond donors (Lipinski definition) is 0. The van der Waals surface area contributed by atoms with E-state index in [0.29, 0.717) is 0 Å². The van der Waals surface area contributed by atoms with Gasteiger partial charge in [-0.1, -0.05) is 310 Å². The van der Waals surface area contributed by atoms with Gasteiger partial charge in [-0.15, -0.1) is 9.36 Å². The minimum Gasteiger partial charge on any atom is -0.334 e. The maximum atomic E-state index is 5.13. The highest BCUT2D eigenvalue weighted by atomic mass is 15.4. The first-order valence-electron chi connectivity index (χ1n) is 53.5. The van der Waals surface area contributed by atoms with Gasteiger partial charge in [-0.05, 0) is 325 Å². The van der Waals surface area contributed by atoms with E-state index in [-0.39, 0.29) is 43.3 Å². The zero-order valence-electron chi connectivity index (χ0n) is 93.2. The number of benzene rings is 15. The van der Waals surface area contributed by atoms with E-state index in [1.807, 2.05) is 12.4 Å². The molecule has 0 spiro atoms. The molecule has 11 nitrogen and oxygen atoms in total. The van der Waals surface area contributed by atoms with Gasteiger partial charge in [0, 0.05) is 71.0 Å². The molecule has 0 fully saturated rings. The number of aromatic nitrogens is 11. The van der Waals surface area contributed by atoms with Crippen LogP contribution in [0, 0.1) is 48.5 Å². The van der Waals surface area contributed by atoms with Crippen LogP contribution in [0.5, 0.6) is 0 Å². The third-order valence-corrected chi connectivity index (χ3v) is 37.6. The molecule has 0 saturated carbocycles. The topological polar surface area (TPSA) is 75.0 Å². The maximum Gasteiger partial charge on any atom is 0.288 e. The van der Waals surface area contributed by atoms with Gasteiger partial charge in [-0.2, -0.15) is 0 Å². The van der Waals surface area contributed by atoms with Crippen molar-refractivity contribution in [3.05, 3.63) is 399 Å². The molecule has 15 aromatic carbocycles. The van der Waals surface area contributed by atoms with Crippen molar-refractivity contribution in [2.24, 2.45) is 49.3 Å². The number of pyridine rings is 1. The second kappa shape index (κ2) is 35.4. The Hall–Kier alpha value is -14.9. The second-order valence-corrected chi connectivity index (χ2v) is 48.0. The molecule has 0 radical (unpaired) electrons. The van der Waals surface area contributed by atoms with Crippen molar-refractivity contribution >= 4 is 65.0 Å². The summed E-state index contributed by atoms with van der Waals surface area (Å²) >= 11 is 0. The molecule has 6 aromatic heterocycles. The van der Waals surface area contributed by atoms with Crippen LogP contribution in [-0.2, 0) is 105 Å². The Kier molecular flexibility index (Phi) is 23.4. The molecule has 5 aliphatic carbocycles. The quantitative estimate of drug-likeness (QED) is 0.161. The number of hydrogen-bond acceptors (Lipinski definition) is 3. The Bertz CT molecular complexity index is 9090. The Morgan fingerprint density at radius 2 is 0.779 bits per heavy atom. The third kappa shape index (κ3) is 15.3. The average molecular weight is 1960 g/mol. The van der Waals surface area contributed by atoms with Crippen molar-refractivity contribution in [2.45, 2.75) is 215 Å². The molecule has 748 valence electrons.